The van der Waals surface area contributed by atoms with Gasteiger partial charge >= 0.3 is 11.5 Å². The van der Waals surface area contributed by atoms with E-state index in [1.807, 2.05) is 35.9 Å². The minimum Gasteiger partial charge on any atom is -0.741 e. The van der Waals surface area contributed by atoms with Crippen molar-refractivity contribution in [2.45, 2.75) is 5.51 Å². The van der Waals surface area contributed by atoms with Gasteiger partial charge in [0, 0.05) is 11.5 Å². The highest BCUT2D eigenvalue weighted by Crippen LogP contribution is 2.20. The molecule has 0 spiro atoms. The summed E-state index contributed by atoms with van der Waals surface area (Å²) in [4.78, 5) is 10.8. The van der Waals surface area contributed by atoms with Crippen LogP contribution in [0.3, 0.4) is 0 Å². The number of fused-ring (bicyclic) bond motifs is 1. The second-order valence-electron chi connectivity index (χ2n) is 4.10. The predicted molar refractivity (Wildman–Crippen MR) is 67.8 cm³/mol. The molecule has 0 unspecified atom stereocenters. The molecule has 0 saturated heterocycles. The zero-order valence-electron chi connectivity index (χ0n) is 11.0. The maximum atomic E-state index is 10.8. The van der Waals surface area contributed by atoms with Crippen LogP contribution in [0.25, 0.3) is 10.9 Å². The van der Waals surface area contributed by atoms with Crippen molar-refractivity contribution in [2.24, 2.45) is 7.05 Å². The molecule has 0 fully saturated rings. The van der Waals surface area contributed by atoms with Crippen molar-refractivity contribution in [2.75, 3.05) is 0 Å². The van der Waals surface area contributed by atoms with Crippen molar-refractivity contribution < 1.29 is 40.6 Å². The summed E-state index contributed by atoms with van der Waals surface area (Å²) >= 11 is 0. The third-order valence-electron chi connectivity index (χ3n) is 2.49. The number of carbonyl (C=O) groups is 1. The monoisotopic (exact) mass is 337 g/mol. The Labute approximate surface area is 123 Å². The van der Waals surface area contributed by atoms with E-state index in [4.69, 9.17) is 18.1 Å². The van der Waals surface area contributed by atoms with Crippen LogP contribution in [0.1, 0.15) is 10.4 Å². The molecule has 22 heavy (non-hydrogen) atoms. The van der Waals surface area contributed by atoms with E-state index in [1.165, 1.54) is 0 Å². The van der Waals surface area contributed by atoms with Crippen molar-refractivity contribution in [3.8, 4) is 0 Å². The highest BCUT2D eigenvalue weighted by molar-refractivity contribution is 7.86. The normalized spacial score (nSPS) is 11.7. The fourth-order valence-corrected chi connectivity index (χ4v) is 1.53. The quantitative estimate of drug-likeness (QED) is 0.482. The topological polar surface area (TPSA) is 98.4 Å². The standard InChI is InChI=1S/C11H9NO2.CHF3O3S/c1-12-7-9(11(13)14)6-8-4-2-3-5-10(8)12;2-1(3,4)8(5,6)7/h2-7H,1H3;(H,5,6,7). The Morgan fingerprint density at radius 2 is 1.77 bits per heavy atom. The van der Waals surface area contributed by atoms with Gasteiger partial charge in [-0.3, -0.25) is 0 Å². The highest BCUT2D eigenvalue weighted by Gasteiger charge is 2.36. The molecule has 2 rings (SSSR count). The van der Waals surface area contributed by atoms with E-state index in [2.05, 4.69) is 0 Å². The van der Waals surface area contributed by atoms with Crippen molar-refractivity contribution >= 4 is 27.0 Å². The molecule has 0 saturated carbocycles. The first-order valence-electron chi connectivity index (χ1n) is 5.57. The van der Waals surface area contributed by atoms with Gasteiger partial charge in [0.05, 0.1) is 0 Å². The first-order valence-corrected chi connectivity index (χ1v) is 6.98. The van der Waals surface area contributed by atoms with E-state index >= 15 is 0 Å². The molecule has 1 aromatic heterocycles. The van der Waals surface area contributed by atoms with E-state index in [0.29, 0.717) is 5.56 Å². The van der Waals surface area contributed by atoms with Crippen LogP contribution in [0.4, 0.5) is 13.2 Å². The fraction of sp³-hybridized carbons (Fsp3) is 0.167. The number of alkyl halides is 3. The molecule has 0 bridgehead atoms. The summed E-state index contributed by atoms with van der Waals surface area (Å²) in [6, 6.07) is 9.37. The Morgan fingerprint density at radius 3 is 2.23 bits per heavy atom. The Kier molecular flexibility index (Phi) is 5.09. The predicted octanol–water partition coefficient (Wildman–Crippen LogP) is 1.41. The van der Waals surface area contributed by atoms with Crippen LogP contribution in [-0.2, 0) is 17.2 Å². The molecule has 10 heteroatoms. The molecule has 1 heterocycles. The van der Waals surface area contributed by atoms with Crippen LogP contribution in [0.5, 0.6) is 0 Å². The second-order valence-corrected chi connectivity index (χ2v) is 5.47. The van der Waals surface area contributed by atoms with Crippen LogP contribution < -0.4 is 4.57 Å². The van der Waals surface area contributed by atoms with Gasteiger partial charge in [0.15, 0.2) is 16.3 Å². The zero-order chi connectivity index (χ0) is 17.1. The summed E-state index contributed by atoms with van der Waals surface area (Å²) in [6.07, 6.45) is 1.62. The lowest BCUT2D eigenvalue weighted by Crippen LogP contribution is -2.29. The molecule has 0 radical (unpaired) electrons. The lowest BCUT2D eigenvalue weighted by Gasteiger charge is -2.08. The number of halogens is 3. The van der Waals surface area contributed by atoms with E-state index in [1.54, 1.807) is 12.3 Å². The number of para-hydroxylation sites is 1. The Hall–Kier alpha value is -2.20. The van der Waals surface area contributed by atoms with Crippen molar-refractivity contribution in [3.05, 3.63) is 42.1 Å². The van der Waals surface area contributed by atoms with Crippen LogP contribution in [-0.4, -0.2) is 29.6 Å². The maximum Gasteiger partial charge on any atom is 0.485 e. The second kappa shape index (κ2) is 6.28. The molecule has 6 nitrogen and oxygen atoms in total. The number of aromatic carboxylic acids is 1. The number of carboxylic acids is 1. The van der Waals surface area contributed by atoms with Gasteiger partial charge in [0.2, 0.25) is 5.52 Å². The first kappa shape index (κ1) is 17.9. The van der Waals surface area contributed by atoms with Crippen LogP contribution in [0, 0.1) is 0 Å². The molecule has 1 N–H and O–H groups in total. The van der Waals surface area contributed by atoms with Gasteiger partial charge in [-0.25, -0.2) is 17.8 Å². The largest absolute Gasteiger partial charge is 0.741 e. The Morgan fingerprint density at radius 1 is 1.27 bits per heavy atom. The molecule has 1 aromatic carbocycles. The number of nitrogens with zero attached hydrogens (tertiary/aromatic N) is 1. The summed E-state index contributed by atoms with van der Waals surface area (Å²) in [5.74, 6) is -0.897. The van der Waals surface area contributed by atoms with Crippen LogP contribution in [0.2, 0.25) is 0 Å². The average Bonchev–Trinajstić information content (AvgIpc) is 2.37. The molecular formula is C12H10F3NO5S. The van der Waals surface area contributed by atoms with Crippen molar-refractivity contribution in [3.63, 3.8) is 0 Å². The number of carboxylic acid groups (broad SMARTS) is 1. The van der Waals surface area contributed by atoms with Gasteiger partial charge in [-0.2, -0.15) is 13.2 Å². The lowest BCUT2D eigenvalue weighted by atomic mass is 10.1. The van der Waals surface area contributed by atoms with Crippen molar-refractivity contribution in [1.82, 2.24) is 0 Å². The summed E-state index contributed by atoms with van der Waals surface area (Å²) in [6.45, 7) is 0. The fourth-order valence-electron chi connectivity index (χ4n) is 1.53. The Balaban J connectivity index is 0.000000261. The number of aromatic nitrogens is 1. The number of pyridine rings is 1. The van der Waals surface area contributed by atoms with E-state index < -0.39 is 21.6 Å². The van der Waals surface area contributed by atoms with Gasteiger partial charge in [-0.1, -0.05) is 12.1 Å². The third-order valence-corrected chi connectivity index (χ3v) is 3.06. The molecule has 0 amide bonds. The molecule has 0 atom stereocenters. The van der Waals surface area contributed by atoms with E-state index in [9.17, 15) is 18.0 Å². The summed E-state index contributed by atoms with van der Waals surface area (Å²) in [7, 11) is -4.25. The van der Waals surface area contributed by atoms with E-state index in [0.717, 1.165) is 10.9 Å². The SMILES string of the molecule is C[n+]1cc(C(=O)O)cc2ccccc21.O=S(=O)([O-])C(F)(F)F. The number of hydrogen-bond donors (Lipinski definition) is 1. The van der Waals surface area contributed by atoms with Gasteiger partial charge in [-0.05, 0) is 12.1 Å². The van der Waals surface area contributed by atoms with Gasteiger partial charge in [-0.15, -0.1) is 0 Å². The van der Waals surface area contributed by atoms with Crippen LogP contribution in [0.15, 0.2) is 36.5 Å². The van der Waals surface area contributed by atoms with Gasteiger partial charge < -0.3 is 9.66 Å². The number of hydrogen-bond acceptors (Lipinski definition) is 4. The molecule has 120 valence electrons. The summed E-state index contributed by atoms with van der Waals surface area (Å²) in [5.41, 5.74) is -4.31. The maximum absolute atomic E-state index is 10.8. The minimum atomic E-state index is -6.09. The number of benzene rings is 1. The Bertz CT molecular complexity index is 802. The molecule has 0 aliphatic carbocycles. The minimum absolute atomic E-state index is 0.311. The highest BCUT2D eigenvalue weighted by atomic mass is 32.2. The van der Waals surface area contributed by atoms with E-state index in [-0.39, 0.29) is 0 Å². The lowest BCUT2D eigenvalue weighted by molar-refractivity contribution is -0.645. The van der Waals surface area contributed by atoms with Crippen molar-refractivity contribution in [1.29, 1.82) is 0 Å². The average molecular weight is 337 g/mol. The van der Waals surface area contributed by atoms with Crippen LogP contribution >= 0.6 is 0 Å². The zero-order valence-corrected chi connectivity index (χ0v) is 11.9. The molecule has 0 aliphatic heterocycles. The first-order chi connectivity index (χ1) is 9.93. The number of aryl methyl sites for hydroxylation is 1. The van der Waals surface area contributed by atoms with Gasteiger partial charge in [0.1, 0.15) is 12.6 Å². The third kappa shape index (κ3) is 4.40. The van der Waals surface area contributed by atoms with Gasteiger partial charge in [0.25, 0.3) is 0 Å². The smallest absolute Gasteiger partial charge is 0.485 e. The summed E-state index contributed by atoms with van der Waals surface area (Å²) < 4.78 is 60.7. The molecule has 0 aliphatic rings. The summed E-state index contributed by atoms with van der Waals surface area (Å²) in [5, 5.41) is 9.80. The molecular weight excluding hydrogens is 327 g/mol. The number of rotatable bonds is 1. The molecule has 2 aromatic rings.